The van der Waals surface area contributed by atoms with E-state index in [0.717, 1.165) is 0 Å². The van der Waals surface area contributed by atoms with E-state index in [1.807, 2.05) is 12.3 Å². The number of rotatable bonds is 3. The van der Waals surface area contributed by atoms with Gasteiger partial charge in [-0.25, -0.2) is 0 Å². The molecule has 0 bridgehead atoms. The molecule has 0 amide bonds. The van der Waals surface area contributed by atoms with Crippen molar-refractivity contribution in [2.24, 2.45) is 5.73 Å². The lowest BCUT2D eigenvalue weighted by atomic mass is 9.92. The molecule has 0 aliphatic heterocycles. The third-order valence-corrected chi connectivity index (χ3v) is 4.08. The number of aromatic nitrogens is 1. The summed E-state index contributed by atoms with van der Waals surface area (Å²) in [4.78, 5) is 4.44. The first kappa shape index (κ1) is 11.2. The Morgan fingerprint density at radius 1 is 1.18 bits per heavy atom. The van der Waals surface area contributed by atoms with Crippen LogP contribution in [0.5, 0.6) is 0 Å². The van der Waals surface area contributed by atoms with Crippen LogP contribution in [0.4, 0.5) is 0 Å². The maximum atomic E-state index is 5.92. The third kappa shape index (κ3) is 2.67. The molecule has 1 aromatic rings. The van der Waals surface area contributed by atoms with E-state index in [-0.39, 0.29) is 0 Å². The maximum absolute atomic E-state index is 5.92. The van der Waals surface area contributed by atoms with Crippen molar-refractivity contribution in [2.75, 3.05) is 0 Å². The average Bonchev–Trinajstić information content (AvgIpc) is 3.13. The summed E-state index contributed by atoms with van der Waals surface area (Å²) in [6.07, 6.45) is 7.99. The SMILES string of the molecule is NC1CCC(N[C@H]2C[C@H]2c2ccccn2)CC1. The van der Waals surface area contributed by atoms with Gasteiger partial charge in [0.1, 0.15) is 0 Å². The molecule has 3 heteroatoms. The van der Waals surface area contributed by atoms with E-state index in [1.54, 1.807) is 0 Å². The summed E-state index contributed by atoms with van der Waals surface area (Å²) in [5.74, 6) is 0.645. The van der Waals surface area contributed by atoms with Gasteiger partial charge in [-0.3, -0.25) is 4.98 Å². The van der Waals surface area contributed by atoms with Crippen LogP contribution in [0.15, 0.2) is 24.4 Å². The van der Waals surface area contributed by atoms with Crippen LogP contribution in [0, 0.1) is 0 Å². The highest BCUT2D eigenvalue weighted by Gasteiger charge is 2.40. The minimum Gasteiger partial charge on any atom is -0.328 e. The normalized spacial score (nSPS) is 36.8. The van der Waals surface area contributed by atoms with Crippen LogP contribution >= 0.6 is 0 Å². The molecule has 3 N–H and O–H groups in total. The van der Waals surface area contributed by atoms with Crippen molar-refractivity contribution >= 4 is 0 Å². The zero-order valence-corrected chi connectivity index (χ0v) is 10.2. The predicted molar refractivity (Wildman–Crippen MR) is 68.8 cm³/mol. The fourth-order valence-corrected chi connectivity index (χ4v) is 2.89. The summed E-state index contributed by atoms with van der Waals surface area (Å²) in [5, 5.41) is 3.77. The summed E-state index contributed by atoms with van der Waals surface area (Å²) >= 11 is 0. The Morgan fingerprint density at radius 3 is 2.71 bits per heavy atom. The molecule has 1 aromatic heterocycles. The Hall–Kier alpha value is -0.930. The average molecular weight is 231 g/mol. The molecule has 0 spiro atoms. The molecule has 1 heterocycles. The van der Waals surface area contributed by atoms with Crippen LogP contribution in [0.1, 0.15) is 43.7 Å². The van der Waals surface area contributed by atoms with E-state index in [0.29, 0.717) is 24.0 Å². The van der Waals surface area contributed by atoms with Gasteiger partial charge in [0.05, 0.1) is 0 Å². The summed E-state index contributed by atoms with van der Waals surface area (Å²) < 4.78 is 0. The van der Waals surface area contributed by atoms with Crippen molar-refractivity contribution in [1.82, 2.24) is 10.3 Å². The van der Waals surface area contributed by atoms with Gasteiger partial charge in [0.2, 0.25) is 0 Å². The Labute approximate surface area is 103 Å². The molecule has 92 valence electrons. The lowest BCUT2D eigenvalue weighted by Gasteiger charge is -2.27. The smallest absolute Gasteiger partial charge is 0.0450 e. The number of hydrogen-bond donors (Lipinski definition) is 2. The Balaban J connectivity index is 1.49. The van der Waals surface area contributed by atoms with E-state index in [1.165, 1.54) is 37.8 Å². The number of nitrogens with one attached hydrogen (secondary N) is 1. The highest BCUT2D eigenvalue weighted by Crippen LogP contribution is 2.40. The molecule has 17 heavy (non-hydrogen) atoms. The monoisotopic (exact) mass is 231 g/mol. The van der Waals surface area contributed by atoms with Gasteiger partial charge in [0.15, 0.2) is 0 Å². The van der Waals surface area contributed by atoms with Crippen LogP contribution in [-0.4, -0.2) is 23.1 Å². The van der Waals surface area contributed by atoms with E-state index in [4.69, 9.17) is 5.73 Å². The van der Waals surface area contributed by atoms with E-state index in [9.17, 15) is 0 Å². The third-order valence-electron chi connectivity index (χ3n) is 4.08. The van der Waals surface area contributed by atoms with Crippen LogP contribution in [0.25, 0.3) is 0 Å². The Bertz CT molecular complexity index is 357. The fourth-order valence-electron chi connectivity index (χ4n) is 2.89. The molecule has 0 radical (unpaired) electrons. The van der Waals surface area contributed by atoms with Gasteiger partial charge < -0.3 is 11.1 Å². The molecule has 0 aromatic carbocycles. The fraction of sp³-hybridized carbons (Fsp3) is 0.643. The Morgan fingerprint density at radius 2 is 2.00 bits per heavy atom. The highest BCUT2D eigenvalue weighted by atomic mass is 15.0. The molecule has 3 rings (SSSR count). The van der Waals surface area contributed by atoms with Crippen molar-refractivity contribution in [3.8, 4) is 0 Å². The van der Waals surface area contributed by atoms with Crippen molar-refractivity contribution in [1.29, 1.82) is 0 Å². The minimum atomic E-state index is 0.443. The van der Waals surface area contributed by atoms with Crippen LogP contribution in [-0.2, 0) is 0 Å². The second kappa shape index (κ2) is 4.75. The molecule has 3 nitrogen and oxygen atoms in total. The molecular weight excluding hydrogens is 210 g/mol. The van der Waals surface area contributed by atoms with Crippen molar-refractivity contribution < 1.29 is 0 Å². The first-order valence-corrected chi connectivity index (χ1v) is 6.75. The van der Waals surface area contributed by atoms with Crippen molar-refractivity contribution in [3.63, 3.8) is 0 Å². The molecule has 2 atom stereocenters. The molecule has 0 unspecified atom stereocenters. The Kier molecular flexibility index (Phi) is 3.12. The minimum absolute atomic E-state index is 0.443. The van der Waals surface area contributed by atoms with Crippen molar-refractivity contribution in [2.45, 2.75) is 56.1 Å². The number of nitrogens with two attached hydrogens (primary N) is 1. The van der Waals surface area contributed by atoms with Gasteiger partial charge in [-0.15, -0.1) is 0 Å². The molecule has 2 saturated carbocycles. The number of pyridine rings is 1. The largest absolute Gasteiger partial charge is 0.328 e. The van der Waals surface area contributed by atoms with E-state index >= 15 is 0 Å². The zero-order chi connectivity index (χ0) is 11.7. The van der Waals surface area contributed by atoms with Gasteiger partial charge in [-0.05, 0) is 44.2 Å². The predicted octanol–water partition coefficient (Wildman–Crippen LogP) is 1.80. The highest BCUT2D eigenvalue weighted by molar-refractivity contribution is 5.20. The molecule has 0 saturated heterocycles. The maximum Gasteiger partial charge on any atom is 0.0450 e. The lowest BCUT2D eigenvalue weighted by Crippen LogP contribution is -2.38. The van der Waals surface area contributed by atoms with Gasteiger partial charge >= 0.3 is 0 Å². The summed E-state index contributed by atoms with van der Waals surface area (Å²) in [6.45, 7) is 0. The van der Waals surface area contributed by atoms with Gasteiger partial charge in [-0.2, -0.15) is 0 Å². The van der Waals surface area contributed by atoms with Crippen LogP contribution in [0.2, 0.25) is 0 Å². The molecular formula is C14H21N3. The summed E-state index contributed by atoms with van der Waals surface area (Å²) in [6, 6.07) is 7.99. The van der Waals surface area contributed by atoms with Gasteiger partial charge in [-0.1, -0.05) is 6.07 Å². The van der Waals surface area contributed by atoms with Crippen LogP contribution < -0.4 is 11.1 Å². The molecule has 2 fully saturated rings. The van der Waals surface area contributed by atoms with Gasteiger partial charge in [0.25, 0.3) is 0 Å². The second-order valence-electron chi connectivity index (χ2n) is 5.48. The molecule has 2 aliphatic rings. The van der Waals surface area contributed by atoms with Crippen molar-refractivity contribution in [3.05, 3.63) is 30.1 Å². The zero-order valence-electron chi connectivity index (χ0n) is 10.2. The van der Waals surface area contributed by atoms with Gasteiger partial charge in [0, 0.05) is 35.9 Å². The van der Waals surface area contributed by atoms with Crippen LogP contribution in [0.3, 0.4) is 0 Å². The standard InChI is InChI=1S/C14H21N3/c15-10-4-6-11(7-5-10)17-14-9-12(14)13-3-1-2-8-16-13/h1-3,8,10-12,14,17H,4-7,9,15H2/t10?,11?,12-,14-/m0/s1. The topological polar surface area (TPSA) is 50.9 Å². The number of hydrogen-bond acceptors (Lipinski definition) is 3. The lowest BCUT2D eigenvalue weighted by molar-refractivity contribution is 0.339. The molecule has 2 aliphatic carbocycles. The number of nitrogens with zero attached hydrogens (tertiary/aromatic N) is 1. The first-order valence-electron chi connectivity index (χ1n) is 6.75. The van der Waals surface area contributed by atoms with E-state index in [2.05, 4.69) is 22.4 Å². The first-order chi connectivity index (χ1) is 8.33. The second-order valence-corrected chi connectivity index (χ2v) is 5.48. The van der Waals surface area contributed by atoms with E-state index < -0.39 is 0 Å². The summed E-state index contributed by atoms with van der Waals surface area (Å²) in [7, 11) is 0. The summed E-state index contributed by atoms with van der Waals surface area (Å²) in [5.41, 5.74) is 7.17. The quantitative estimate of drug-likeness (QED) is 0.834.